The van der Waals surface area contributed by atoms with Crippen molar-refractivity contribution in [2.45, 2.75) is 10.0 Å². The molecular weight excluding hydrogens is 443 g/mol. The molecule has 0 saturated heterocycles. The molecular formula is C17H11B3BrNO5S. The first kappa shape index (κ1) is 20.6. The fourth-order valence-electron chi connectivity index (χ4n) is 2.53. The number of carbonyl (C=O) groups excluding carboxylic acids is 1. The maximum Gasteiger partial charge on any atom is 0.302 e. The van der Waals surface area contributed by atoms with Gasteiger partial charge in [0.25, 0.3) is 0 Å². The standard InChI is InChI=1S/C17H11B3BrNO5S/c18-16(10-6-8-12(21)9-7-10)14(23)13(15(22)26-16)27-28(24,25)17(19,20)11-4-2-1-3-5-11/h1-9H,22H2. The van der Waals surface area contributed by atoms with E-state index < -0.39 is 37.6 Å². The average molecular weight is 454 g/mol. The zero-order valence-corrected chi connectivity index (χ0v) is 16.7. The Balaban J connectivity index is 1.93. The Morgan fingerprint density at radius 1 is 1.07 bits per heavy atom. The highest BCUT2D eigenvalue weighted by Crippen LogP contribution is 2.38. The molecule has 0 fully saturated rings. The van der Waals surface area contributed by atoms with E-state index in [1.54, 1.807) is 30.3 Å². The molecule has 11 heteroatoms. The molecule has 0 aliphatic carbocycles. The van der Waals surface area contributed by atoms with Gasteiger partial charge in [0.2, 0.25) is 17.4 Å². The molecule has 2 aromatic carbocycles. The zero-order chi connectivity index (χ0) is 20.7. The Bertz CT molecular complexity index is 1060. The van der Waals surface area contributed by atoms with E-state index >= 15 is 0 Å². The van der Waals surface area contributed by atoms with E-state index in [0.717, 1.165) is 4.47 Å². The summed E-state index contributed by atoms with van der Waals surface area (Å²) in [5.74, 6) is -2.37. The summed E-state index contributed by atoms with van der Waals surface area (Å²) in [5.41, 5.74) is 3.92. The maximum absolute atomic E-state index is 12.8. The lowest BCUT2D eigenvalue weighted by molar-refractivity contribution is -0.126. The summed E-state index contributed by atoms with van der Waals surface area (Å²) in [4.78, 5) is 12.8. The number of hydrogen-bond acceptors (Lipinski definition) is 6. The topological polar surface area (TPSA) is 95.7 Å². The van der Waals surface area contributed by atoms with Crippen molar-refractivity contribution in [3.05, 3.63) is 81.8 Å². The first-order valence-corrected chi connectivity index (χ1v) is 10.0. The van der Waals surface area contributed by atoms with Crippen molar-refractivity contribution in [1.29, 1.82) is 0 Å². The lowest BCUT2D eigenvalue weighted by Gasteiger charge is -2.26. The smallest absolute Gasteiger partial charge is 0.302 e. The summed E-state index contributed by atoms with van der Waals surface area (Å²) in [5, 5.41) is 0. The van der Waals surface area contributed by atoms with Gasteiger partial charge in [-0.15, -0.1) is 0 Å². The van der Waals surface area contributed by atoms with Crippen LogP contribution in [0.25, 0.3) is 0 Å². The Morgan fingerprint density at radius 2 is 1.64 bits per heavy atom. The third kappa shape index (κ3) is 3.37. The zero-order valence-electron chi connectivity index (χ0n) is 14.3. The molecule has 1 aliphatic heterocycles. The quantitative estimate of drug-likeness (QED) is 0.536. The van der Waals surface area contributed by atoms with Gasteiger partial charge in [0.05, 0.1) is 20.2 Å². The summed E-state index contributed by atoms with van der Waals surface area (Å²) in [6, 6.07) is 13.9. The maximum atomic E-state index is 12.8. The van der Waals surface area contributed by atoms with Gasteiger partial charge in [0.1, 0.15) is 7.85 Å². The van der Waals surface area contributed by atoms with Crippen molar-refractivity contribution >= 4 is 55.4 Å². The second-order valence-electron chi connectivity index (χ2n) is 6.06. The highest BCUT2D eigenvalue weighted by Gasteiger charge is 2.50. The molecule has 0 saturated carbocycles. The molecule has 1 atom stereocenters. The number of Topliss-reactive ketones (excluding diaryl/α,β-unsaturated/α-hetero) is 1. The van der Waals surface area contributed by atoms with Crippen molar-refractivity contribution < 1.29 is 22.1 Å². The first-order chi connectivity index (χ1) is 13.0. The number of benzene rings is 2. The number of hydrogen-bond donors (Lipinski definition) is 1. The summed E-state index contributed by atoms with van der Waals surface area (Å²) in [6.07, 6.45) is 0. The third-order valence-electron chi connectivity index (χ3n) is 4.14. The minimum absolute atomic E-state index is 0.0486. The fraction of sp³-hybridized carbons (Fsp3) is 0.118. The van der Waals surface area contributed by atoms with Gasteiger partial charge >= 0.3 is 10.1 Å². The van der Waals surface area contributed by atoms with Gasteiger partial charge in [-0.05, 0) is 23.3 Å². The summed E-state index contributed by atoms with van der Waals surface area (Å²) in [6.45, 7) is 0. The van der Waals surface area contributed by atoms with E-state index in [4.69, 9.17) is 38.2 Å². The highest BCUT2D eigenvalue weighted by atomic mass is 79.9. The van der Waals surface area contributed by atoms with Gasteiger partial charge in [0.15, 0.2) is 5.50 Å². The van der Waals surface area contributed by atoms with Crippen LogP contribution in [-0.4, -0.2) is 37.7 Å². The second kappa shape index (κ2) is 7.04. The van der Waals surface area contributed by atoms with E-state index in [9.17, 15) is 13.2 Å². The highest BCUT2D eigenvalue weighted by molar-refractivity contribution is 9.10. The Kier molecular flexibility index (Phi) is 5.18. The van der Waals surface area contributed by atoms with Crippen LogP contribution in [0.3, 0.4) is 0 Å². The van der Waals surface area contributed by atoms with Crippen LogP contribution in [0.1, 0.15) is 11.1 Å². The van der Waals surface area contributed by atoms with E-state index in [-0.39, 0.29) is 11.1 Å². The molecule has 6 radical (unpaired) electrons. The van der Waals surface area contributed by atoms with Crippen LogP contribution >= 0.6 is 15.9 Å². The minimum Gasteiger partial charge on any atom is -0.467 e. The van der Waals surface area contributed by atoms with Gasteiger partial charge < -0.3 is 14.7 Å². The SMILES string of the molecule is [B]C1(c2ccc(Br)cc2)OC(N)=C(OS(=O)(=O)C([B])([B])c2ccccc2)C1=O. The Morgan fingerprint density at radius 3 is 2.21 bits per heavy atom. The molecule has 2 aromatic rings. The molecule has 0 spiro atoms. The molecule has 2 N–H and O–H groups in total. The Labute approximate surface area is 175 Å². The molecule has 6 nitrogen and oxygen atoms in total. The predicted molar refractivity (Wildman–Crippen MR) is 109 cm³/mol. The minimum atomic E-state index is -4.75. The molecule has 1 aliphatic rings. The Hall–Kier alpha value is -2.13. The monoisotopic (exact) mass is 453 g/mol. The van der Waals surface area contributed by atoms with Gasteiger partial charge in [-0.25, -0.2) is 0 Å². The van der Waals surface area contributed by atoms with Crippen LogP contribution in [0, 0.1) is 0 Å². The number of carbonyl (C=O) groups is 1. The number of ether oxygens (including phenoxy) is 1. The van der Waals surface area contributed by atoms with Crippen LogP contribution < -0.4 is 5.73 Å². The van der Waals surface area contributed by atoms with Crippen LogP contribution in [0.4, 0.5) is 0 Å². The first-order valence-electron chi connectivity index (χ1n) is 7.85. The number of halogens is 1. The second-order valence-corrected chi connectivity index (χ2v) is 8.73. The van der Waals surface area contributed by atoms with Crippen molar-refractivity contribution in [3.8, 4) is 0 Å². The van der Waals surface area contributed by atoms with Crippen molar-refractivity contribution in [2.75, 3.05) is 0 Å². The molecule has 3 rings (SSSR count). The normalized spacial score (nSPS) is 20.1. The number of rotatable bonds is 5. The average Bonchev–Trinajstić information content (AvgIpc) is 2.86. The summed E-state index contributed by atoms with van der Waals surface area (Å²) < 4.78 is 33.8. The summed E-state index contributed by atoms with van der Waals surface area (Å²) >= 11 is 3.26. The van der Waals surface area contributed by atoms with E-state index in [2.05, 4.69) is 15.9 Å². The molecule has 136 valence electrons. The predicted octanol–water partition coefficient (Wildman–Crippen LogP) is 0.991. The van der Waals surface area contributed by atoms with Crippen LogP contribution in [0.15, 0.2) is 70.7 Å². The van der Waals surface area contributed by atoms with Crippen molar-refractivity contribution in [2.24, 2.45) is 5.73 Å². The molecule has 0 amide bonds. The largest absolute Gasteiger partial charge is 0.467 e. The van der Waals surface area contributed by atoms with Gasteiger partial charge in [-0.3, -0.25) is 4.79 Å². The van der Waals surface area contributed by atoms with Gasteiger partial charge in [-0.2, -0.15) is 8.42 Å². The van der Waals surface area contributed by atoms with Crippen LogP contribution in [0.5, 0.6) is 0 Å². The van der Waals surface area contributed by atoms with Crippen LogP contribution in [-0.2, 0) is 33.9 Å². The van der Waals surface area contributed by atoms with Crippen molar-refractivity contribution in [1.82, 2.24) is 0 Å². The lowest BCUT2D eigenvalue weighted by Crippen LogP contribution is -2.40. The molecule has 0 bridgehead atoms. The van der Waals surface area contributed by atoms with Crippen LogP contribution in [0.2, 0.25) is 0 Å². The van der Waals surface area contributed by atoms with E-state index in [1.807, 2.05) is 0 Å². The van der Waals surface area contributed by atoms with E-state index in [0.29, 0.717) is 0 Å². The van der Waals surface area contributed by atoms with Gasteiger partial charge in [0, 0.05) is 4.47 Å². The molecule has 1 heterocycles. The van der Waals surface area contributed by atoms with E-state index in [1.165, 1.54) is 24.3 Å². The lowest BCUT2D eigenvalue weighted by atomic mass is 9.65. The fourth-order valence-corrected chi connectivity index (χ4v) is 3.74. The van der Waals surface area contributed by atoms with Gasteiger partial charge in [-0.1, -0.05) is 58.4 Å². The molecule has 0 aromatic heterocycles. The molecule has 28 heavy (non-hydrogen) atoms. The number of ketones is 1. The molecule has 1 unspecified atom stereocenters. The third-order valence-corrected chi connectivity index (χ3v) is 6.12. The van der Waals surface area contributed by atoms with Crippen molar-refractivity contribution in [3.63, 3.8) is 0 Å². The summed E-state index contributed by atoms with van der Waals surface area (Å²) in [7, 11) is 12.9. The number of nitrogens with two attached hydrogens (primary N) is 1.